The molecule has 0 radical (unpaired) electrons. The second-order valence-corrected chi connectivity index (χ2v) is 8.00. The van der Waals surface area contributed by atoms with E-state index in [9.17, 15) is 22.8 Å². The summed E-state index contributed by atoms with van der Waals surface area (Å²) >= 11 is 0. The summed E-state index contributed by atoms with van der Waals surface area (Å²) in [7, 11) is 0. The minimum absolute atomic E-state index is 0.120. The second kappa shape index (κ2) is 6.02. The number of ether oxygens (including phenoxy) is 2. The number of esters is 2. The monoisotopic (exact) mass is 360 g/mol. The van der Waals surface area contributed by atoms with Gasteiger partial charge in [-0.15, -0.1) is 0 Å². The largest absolute Gasteiger partial charge is 0.459 e. The van der Waals surface area contributed by atoms with E-state index in [1.54, 1.807) is 0 Å². The molecule has 7 heteroatoms. The normalized spacial score (nSPS) is 35.8. The molecule has 0 aromatic rings. The smallest absolute Gasteiger partial charge is 0.439 e. The molecule has 0 aromatic carbocycles. The van der Waals surface area contributed by atoms with Crippen LogP contribution in [0.3, 0.4) is 0 Å². The predicted molar refractivity (Wildman–Crippen MR) is 82.3 cm³/mol. The first kappa shape index (κ1) is 18.3. The molecule has 0 aromatic heterocycles. The van der Waals surface area contributed by atoms with Crippen LogP contribution in [0.4, 0.5) is 13.2 Å². The first-order valence-corrected chi connectivity index (χ1v) is 8.68. The third-order valence-corrected chi connectivity index (χ3v) is 5.96. The zero-order chi connectivity index (χ0) is 18.6. The van der Waals surface area contributed by atoms with Crippen molar-refractivity contribution in [2.24, 2.45) is 23.7 Å². The molecule has 1 atom stereocenters. The summed E-state index contributed by atoms with van der Waals surface area (Å²) in [6, 6.07) is 0. The highest BCUT2D eigenvalue weighted by molar-refractivity contribution is 5.91. The molecule has 4 fully saturated rings. The molecule has 140 valence electrons. The Balaban J connectivity index is 1.77. The summed E-state index contributed by atoms with van der Waals surface area (Å²) in [5, 5.41) is 0. The molecule has 4 rings (SSSR count). The first-order chi connectivity index (χ1) is 11.5. The standard InChI is InChI=1S/C18H23F3O4/c1-9(2)15(22)25-17(3,18(19,20)21)16(23)24-14-12-5-10-4-11(7-12)8-13(14)6-10/h10-14H,1,4-8H2,2-3H3. The number of rotatable bonds is 4. The molecule has 4 aliphatic rings. The summed E-state index contributed by atoms with van der Waals surface area (Å²) in [5.41, 5.74) is -3.53. The van der Waals surface area contributed by atoms with Gasteiger partial charge in [0.05, 0.1) is 0 Å². The minimum Gasteiger partial charge on any atom is -0.459 e. The third kappa shape index (κ3) is 3.17. The summed E-state index contributed by atoms with van der Waals surface area (Å²) in [6.07, 6.45) is -0.784. The Morgan fingerprint density at radius 3 is 1.88 bits per heavy atom. The molecule has 0 heterocycles. The van der Waals surface area contributed by atoms with E-state index in [4.69, 9.17) is 4.74 Å². The van der Waals surface area contributed by atoms with Crippen molar-refractivity contribution in [2.75, 3.05) is 0 Å². The summed E-state index contributed by atoms with van der Waals surface area (Å²) in [5.74, 6) is -1.35. The number of carbonyl (C=O) groups excluding carboxylic acids is 2. The highest BCUT2D eigenvalue weighted by Crippen LogP contribution is 2.55. The van der Waals surface area contributed by atoms with E-state index in [1.807, 2.05) is 0 Å². The Labute approximate surface area is 144 Å². The lowest BCUT2D eigenvalue weighted by atomic mass is 9.55. The van der Waals surface area contributed by atoms with Crippen LogP contribution in [0.2, 0.25) is 0 Å². The fourth-order valence-electron chi connectivity index (χ4n) is 4.79. The number of alkyl halides is 3. The van der Waals surface area contributed by atoms with Crippen molar-refractivity contribution < 1.29 is 32.2 Å². The molecular formula is C18H23F3O4. The average molecular weight is 360 g/mol. The van der Waals surface area contributed by atoms with Crippen molar-refractivity contribution in [3.8, 4) is 0 Å². The predicted octanol–water partition coefficient (Wildman–Crippen LogP) is 3.79. The van der Waals surface area contributed by atoms with Gasteiger partial charge in [-0.25, -0.2) is 9.59 Å². The maximum Gasteiger partial charge on any atom is 0.439 e. The van der Waals surface area contributed by atoms with E-state index in [-0.39, 0.29) is 17.4 Å². The molecule has 0 N–H and O–H groups in total. The fourth-order valence-corrected chi connectivity index (χ4v) is 4.79. The molecule has 4 aliphatic carbocycles. The van der Waals surface area contributed by atoms with Crippen molar-refractivity contribution in [1.82, 2.24) is 0 Å². The molecule has 4 nitrogen and oxygen atoms in total. The Hall–Kier alpha value is -1.53. The van der Waals surface area contributed by atoms with Gasteiger partial charge >= 0.3 is 18.1 Å². The zero-order valence-electron chi connectivity index (χ0n) is 14.4. The fraction of sp³-hybridized carbons (Fsp3) is 0.778. The number of hydrogen-bond donors (Lipinski definition) is 0. The van der Waals surface area contributed by atoms with Crippen molar-refractivity contribution in [2.45, 2.75) is 63.8 Å². The van der Waals surface area contributed by atoms with Crippen LogP contribution in [0.25, 0.3) is 0 Å². The Bertz CT molecular complexity index is 570. The highest BCUT2D eigenvalue weighted by atomic mass is 19.4. The van der Waals surface area contributed by atoms with Crippen molar-refractivity contribution >= 4 is 11.9 Å². The van der Waals surface area contributed by atoms with Gasteiger partial charge < -0.3 is 9.47 Å². The number of hydrogen-bond acceptors (Lipinski definition) is 4. The molecule has 0 aliphatic heterocycles. The van der Waals surface area contributed by atoms with E-state index < -0.39 is 29.8 Å². The molecule has 25 heavy (non-hydrogen) atoms. The van der Waals surface area contributed by atoms with Gasteiger partial charge in [0, 0.05) is 5.57 Å². The van der Waals surface area contributed by atoms with Gasteiger partial charge in [-0.2, -0.15) is 13.2 Å². The van der Waals surface area contributed by atoms with Crippen LogP contribution in [0, 0.1) is 23.7 Å². The summed E-state index contributed by atoms with van der Waals surface area (Å²) in [4.78, 5) is 24.0. The van der Waals surface area contributed by atoms with E-state index in [0.717, 1.165) is 25.7 Å². The average Bonchev–Trinajstić information content (AvgIpc) is 2.48. The van der Waals surface area contributed by atoms with Crippen molar-refractivity contribution in [1.29, 1.82) is 0 Å². The van der Waals surface area contributed by atoms with Crippen LogP contribution in [0.5, 0.6) is 0 Å². The third-order valence-electron chi connectivity index (χ3n) is 5.96. The van der Waals surface area contributed by atoms with Crippen LogP contribution in [-0.2, 0) is 19.1 Å². The number of carbonyl (C=O) groups is 2. The van der Waals surface area contributed by atoms with Crippen molar-refractivity contribution in [3.05, 3.63) is 12.2 Å². The quantitative estimate of drug-likeness (QED) is 0.565. The molecule has 0 amide bonds. The van der Waals surface area contributed by atoms with Gasteiger partial charge in [-0.05, 0) is 69.6 Å². The van der Waals surface area contributed by atoms with Crippen LogP contribution in [-0.4, -0.2) is 29.8 Å². The van der Waals surface area contributed by atoms with Gasteiger partial charge in [0.25, 0.3) is 5.60 Å². The molecule has 1 unspecified atom stereocenters. The highest BCUT2D eigenvalue weighted by Gasteiger charge is 2.63. The topological polar surface area (TPSA) is 52.6 Å². The number of halogens is 3. The molecule has 0 spiro atoms. The van der Waals surface area contributed by atoms with Crippen molar-refractivity contribution in [3.63, 3.8) is 0 Å². The van der Waals surface area contributed by atoms with Gasteiger partial charge in [0.15, 0.2) is 0 Å². The van der Waals surface area contributed by atoms with E-state index in [1.165, 1.54) is 13.3 Å². The second-order valence-electron chi connectivity index (χ2n) is 8.00. The van der Waals surface area contributed by atoms with E-state index in [2.05, 4.69) is 11.3 Å². The van der Waals surface area contributed by atoms with Crippen LogP contribution in [0.15, 0.2) is 12.2 Å². The van der Waals surface area contributed by atoms with E-state index in [0.29, 0.717) is 18.8 Å². The Kier molecular flexibility index (Phi) is 4.40. The first-order valence-electron chi connectivity index (χ1n) is 8.68. The molecule has 4 saturated carbocycles. The maximum atomic E-state index is 13.5. The lowest BCUT2D eigenvalue weighted by Crippen LogP contribution is -2.57. The molecule has 4 bridgehead atoms. The Morgan fingerprint density at radius 1 is 1.00 bits per heavy atom. The van der Waals surface area contributed by atoms with Gasteiger partial charge in [0.2, 0.25) is 0 Å². The van der Waals surface area contributed by atoms with Gasteiger partial charge in [0.1, 0.15) is 6.10 Å². The van der Waals surface area contributed by atoms with Gasteiger partial charge in [-0.1, -0.05) is 6.58 Å². The zero-order valence-corrected chi connectivity index (χ0v) is 14.4. The minimum atomic E-state index is -5.07. The van der Waals surface area contributed by atoms with Crippen LogP contribution < -0.4 is 0 Å². The summed E-state index contributed by atoms with van der Waals surface area (Å²) < 4.78 is 50.3. The SMILES string of the molecule is C=C(C)C(=O)OC(C)(C(=O)OC1C2CC3CC(C2)CC1C3)C(F)(F)F. The lowest BCUT2D eigenvalue weighted by Gasteiger charge is -2.53. The lowest BCUT2D eigenvalue weighted by molar-refractivity contribution is -0.270. The molecular weight excluding hydrogens is 337 g/mol. The van der Waals surface area contributed by atoms with E-state index >= 15 is 0 Å². The maximum absolute atomic E-state index is 13.5. The van der Waals surface area contributed by atoms with Crippen LogP contribution >= 0.6 is 0 Å². The molecule has 0 saturated heterocycles. The van der Waals surface area contributed by atoms with Crippen LogP contribution in [0.1, 0.15) is 46.0 Å². The van der Waals surface area contributed by atoms with Gasteiger partial charge in [-0.3, -0.25) is 0 Å². The summed E-state index contributed by atoms with van der Waals surface area (Å²) in [6.45, 7) is 5.03. The Morgan fingerprint density at radius 2 is 1.48 bits per heavy atom.